The van der Waals surface area contributed by atoms with E-state index in [1.807, 2.05) is 13.0 Å². The fourth-order valence-electron chi connectivity index (χ4n) is 2.94. The third-order valence-corrected chi connectivity index (χ3v) is 5.38. The van der Waals surface area contributed by atoms with E-state index < -0.39 is 12.0 Å². The van der Waals surface area contributed by atoms with Crippen LogP contribution in [0.2, 0.25) is 0 Å². The number of amides is 2. The second kappa shape index (κ2) is 6.23. The number of thioether (sulfide) groups is 1. The SMILES string of the molecule is CC1Sc2ccc(C(=O)N3CCCCC3C(=O)O)cc2NC1=O. The van der Waals surface area contributed by atoms with E-state index in [9.17, 15) is 19.5 Å². The molecule has 1 saturated heterocycles. The fraction of sp³-hybridized carbons (Fsp3) is 0.438. The zero-order valence-electron chi connectivity index (χ0n) is 12.7. The van der Waals surface area contributed by atoms with Crippen LogP contribution in [0.1, 0.15) is 36.5 Å². The lowest BCUT2D eigenvalue weighted by atomic mass is 10.0. The van der Waals surface area contributed by atoms with Gasteiger partial charge in [-0.3, -0.25) is 9.59 Å². The molecule has 0 saturated carbocycles. The molecule has 0 bridgehead atoms. The van der Waals surface area contributed by atoms with Crippen LogP contribution in [0.4, 0.5) is 5.69 Å². The van der Waals surface area contributed by atoms with Gasteiger partial charge in [0.05, 0.1) is 10.9 Å². The monoisotopic (exact) mass is 334 g/mol. The van der Waals surface area contributed by atoms with Gasteiger partial charge in [0, 0.05) is 17.0 Å². The van der Waals surface area contributed by atoms with Crippen molar-refractivity contribution in [1.29, 1.82) is 0 Å². The maximum absolute atomic E-state index is 12.7. The number of likely N-dealkylation sites (tertiary alicyclic amines) is 1. The van der Waals surface area contributed by atoms with Crippen molar-refractivity contribution in [2.75, 3.05) is 11.9 Å². The lowest BCUT2D eigenvalue weighted by molar-refractivity contribution is -0.143. The van der Waals surface area contributed by atoms with Crippen LogP contribution in [0.15, 0.2) is 23.1 Å². The standard InChI is InChI=1S/C16H18N2O4S/c1-9-14(19)17-11-8-10(5-6-13(11)23-9)15(20)18-7-3-2-4-12(18)16(21)22/h5-6,8-9,12H,2-4,7H2,1H3,(H,17,19)(H,21,22). The van der Waals surface area contributed by atoms with Crippen molar-refractivity contribution in [2.45, 2.75) is 42.4 Å². The van der Waals surface area contributed by atoms with Gasteiger partial charge in [-0.1, -0.05) is 0 Å². The number of carboxylic acid groups (broad SMARTS) is 1. The Kier molecular flexibility index (Phi) is 4.30. The van der Waals surface area contributed by atoms with Gasteiger partial charge < -0.3 is 15.3 Å². The number of aliphatic carboxylic acids is 1. The molecule has 0 aliphatic carbocycles. The van der Waals surface area contributed by atoms with Gasteiger partial charge in [-0.05, 0) is 44.4 Å². The maximum Gasteiger partial charge on any atom is 0.326 e. The zero-order chi connectivity index (χ0) is 16.6. The van der Waals surface area contributed by atoms with Gasteiger partial charge in [-0.15, -0.1) is 11.8 Å². The van der Waals surface area contributed by atoms with Crippen LogP contribution in [0, 0.1) is 0 Å². The Morgan fingerprint density at radius 1 is 1.35 bits per heavy atom. The Bertz CT molecular complexity index is 676. The number of rotatable bonds is 2. The predicted molar refractivity (Wildman–Crippen MR) is 86.7 cm³/mol. The van der Waals surface area contributed by atoms with Gasteiger partial charge in [-0.25, -0.2) is 4.79 Å². The van der Waals surface area contributed by atoms with Gasteiger partial charge in [-0.2, -0.15) is 0 Å². The van der Waals surface area contributed by atoms with E-state index in [4.69, 9.17) is 0 Å². The van der Waals surface area contributed by atoms with E-state index in [2.05, 4.69) is 5.32 Å². The van der Waals surface area contributed by atoms with Crippen molar-refractivity contribution in [1.82, 2.24) is 4.90 Å². The summed E-state index contributed by atoms with van der Waals surface area (Å²) in [6.07, 6.45) is 2.11. The molecule has 2 unspecified atom stereocenters. The van der Waals surface area contributed by atoms with E-state index in [-0.39, 0.29) is 17.1 Å². The van der Waals surface area contributed by atoms with Gasteiger partial charge in [0.15, 0.2) is 0 Å². The number of carboxylic acids is 1. The molecule has 2 amide bonds. The van der Waals surface area contributed by atoms with E-state index in [0.717, 1.165) is 17.7 Å². The minimum absolute atomic E-state index is 0.0894. The summed E-state index contributed by atoms with van der Waals surface area (Å²) < 4.78 is 0. The van der Waals surface area contributed by atoms with Gasteiger partial charge in [0.25, 0.3) is 5.91 Å². The van der Waals surface area contributed by atoms with Crippen LogP contribution < -0.4 is 5.32 Å². The molecule has 0 spiro atoms. The van der Waals surface area contributed by atoms with E-state index in [0.29, 0.717) is 24.2 Å². The largest absolute Gasteiger partial charge is 0.480 e. The minimum Gasteiger partial charge on any atom is -0.480 e. The summed E-state index contributed by atoms with van der Waals surface area (Å²) in [5.41, 5.74) is 1.03. The first-order valence-electron chi connectivity index (χ1n) is 7.62. The molecule has 2 heterocycles. The van der Waals surface area contributed by atoms with Crippen molar-refractivity contribution in [3.8, 4) is 0 Å². The molecule has 2 atom stereocenters. The first-order chi connectivity index (χ1) is 11.0. The molecule has 3 rings (SSSR count). The molecule has 0 aromatic heterocycles. The molecule has 2 N–H and O–H groups in total. The topological polar surface area (TPSA) is 86.7 Å². The number of hydrogen-bond donors (Lipinski definition) is 2. The maximum atomic E-state index is 12.7. The van der Waals surface area contributed by atoms with Gasteiger partial charge >= 0.3 is 5.97 Å². The average molecular weight is 334 g/mol. The second-order valence-corrected chi connectivity index (χ2v) is 7.19. The first-order valence-corrected chi connectivity index (χ1v) is 8.50. The number of fused-ring (bicyclic) bond motifs is 1. The number of anilines is 1. The van der Waals surface area contributed by atoms with Crippen molar-refractivity contribution in [2.24, 2.45) is 0 Å². The van der Waals surface area contributed by atoms with Gasteiger partial charge in [0.1, 0.15) is 6.04 Å². The Labute approximate surface area is 138 Å². The molecule has 7 heteroatoms. The number of carbonyl (C=O) groups excluding carboxylic acids is 2. The number of hydrogen-bond acceptors (Lipinski definition) is 4. The number of carbonyl (C=O) groups is 3. The molecule has 2 aliphatic heterocycles. The minimum atomic E-state index is -0.964. The number of nitrogens with zero attached hydrogens (tertiary/aromatic N) is 1. The van der Waals surface area contributed by atoms with Crippen LogP contribution in [0.5, 0.6) is 0 Å². The molecular formula is C16H18N2O4S. The molecule has 0 radical (unpaired) electrons. The van der Waals surface area contributed by atoms with Crippen molar-refractivity contribution in [3.05, 3.63) is 23.8 Å². The van der Waals surface area contributed by atoms with Crippen molar-refractivity contribution < 1.29 is 19.5 Å². The highest BCUT2D eigenvalue weighted by Crippen LogP contribution is 2.36. The molecule has 6 nitrogen and oxygen atoms in total. The van der Waals surface area contributed by atoms with Crippen LogP contribution in [-0.2, 0) is 9.59 Å². The summed E-state index contributed by atoms with van der Waals surface area (Å²) in [6.45, 7) is 2.28. The van der Waals surface area contributed by atoms with Crippen LogP contribution >= 0.6 is 11.8 Å². The summed E-state index contributed by atoms with van der Waals surface area (Å²) in [7, 11) is 0. The van der Waals surface area contributed by atoms with Crippen LogP contribution in [0.25, 0.3) is 0 Å². The Hall–Kier alpha value is -2.02. The van der Waals surface area contributed by atoms with E-state index >= 15 is 0 Å². The van der Waals surface area contributed by atoms with Crippen LogP contribution in [0.3, 0.4) is 0 Å². The predicted octanol–water partition coefficient (Wildman–Crippen LogP) is 2.20. The summed E-state index contributed by atoms with van der Waals surface area (Å²) in [4.78, 5) is 38.2. The fourth-order valence-corrected chi connectivity index (χ4v) is 3.87. The van der Waals surface area contributed by atoms with E-state index in [1.54, 1.807) is 12.1 Å². The molecular weight excluding hydrogens is 316 g/mol. The summed E-state index contributed by atoms with van der Waals surface area (Å²) in [6, 6.07) is 4.38. The first kappa shape index (κ1) is 15.9. The summed E-state index contributed by atoms with van der Waals surface area (Å²) in [5.74, 6) is -1.35. The molecule has 23 heavy (non-hydrogen) atoms. The number of benzene rings is 1. The quantitative estimate of drug-likeness (QED) is 0.866. The average Bonchev–Trinajstić information content (AvgIpc) is 2.55. The van der Waals surface area contributed by atoms with Gasteiger partial charge in [0.2, 0.25) is 5.91 Å². The highest BCUT2D eigenvalue weighted by atomic mass is 32.2. The van der Waals surface area contributed by atoms with E-state index in [1.165, 1.54) is 16.7 Å². The Morgan fingerprint density at radius 2 is 2.13 bits per heavy atom. The Balaban J connectivity index is 1.87. The highest BCUT2D eigenvalue weighted by Gasteiger charge is 2.33. The Morgan fingerprint density at radius 3 is 2.87 bits per heavy atom. The highest BCUT2D eigenvalue weighted by molar-refractivity contribution is 8.00. The third-order valence-electron chi connectivity index (χ3n) is 4.21. The molecule has 122 valence electrons. The summed E-state index contributed by atoms with van der Waals surface area (Å²) in [5, 5.41) is 11.9. The summed E-state index contributed by atoms with van der Waals surface area (Å²) >= 11 is 1.45. The zero-order valence-corrected chi connectivity index (χ0v) is 13.6. The lowest BCUT2D eigenvalue weighted by Gasteiger charge is -2.33. The normalized spacial score (nSPS) is 23.9. The molecule has 2 aliphatic rings. The number of nitrogens with one attached hydrogen (secondary N) is 1. The molecule has 1 aromatic carbocycles. The number of piperidine rings is 1. The van der Waals surface area contributed by atoms with Crippen molar-refractivity contribution in [3.63, 3.8) is 0 Å². The molecule has 1 fully saturated rings. The lowest BCUT2D eigenvalue weighted by Crippen LogP contribution is -2.48. The van der Waals surface area contributed by atoms with Crippen molar-refractivity contribution >= 4 is 35.2 Å². The second-order valence-electron chi connectivity index (χ2n) is 5.81. The van der Waals surface area contributed by atoms with Crippen LogP contribution in [-0.4, -0.2) is 45.6 Å². The third kappa shape index (κ3) is 3.06. The smallest absolute Gasteiger partial charge is 0.326 e. The molecule has 1 aromatic rings.